The minimum absolute atomic E-state index is 0.0669. The highest BCUT2D eigenvalue weighted by Crippen LogP contribution is 2.22. The zero-order chi connectivity index (χ0) is 21.7. The van der Waals surface area contributed by atoms with Crippen molar-refractivity contribution in [3.63, 3.8) is 0 Å². The van der Waals surface area contributed by atoms with Crippen LogP contribution in [0.25, 0.3) is 0 Å². The summed E-state index contributed by atoms with van der Waals surface area (Å²) >= 11 is 0. The van der Waals surface area contributed by atoms with Gasteiger partial charge in [-0.15, -0.1) is 0 Å². The lowest BCUT2D eigenvalue weighted by Gasteiger charge is -2.11. The van der Waals surface area contributed by atoms with Crippen LogP contribution < -0.4 is 15.4 Å². The van der Waals surface area contributed by atoms with Crippen molar-refractivity contribution in [3.05, 3.63) is 70.4 Å². The molecule has 10 nitrogen and oxygen atoms in total. The Kier molecular flexibility index (Phi) is 6.11. The summed E-state index contributed by atoms with van der Waals surface area (Å²) in [6.45, 7) is 4.52. The predicted octanol–water partition coefficient (Wildman–Crippen LogP) is 3.67. The SMILES string of the molecule is CCNc1nc(C)cc(Nc2ccc(NS(=O)(=O)c3ccc([N+](=O)[O-])cc3)cc2)n1. The van der Waals surface area contributed by atoms with Crippen molar-refractivity contribution in [2.45, 2.75) is 18.7 Å². The molecule has 0 spiro atoms. The third-order valence-corrected chi connectivity index (χ3v) is 5.35. The minimum atomic E-state index is -3.87. The van der Waals surface area contributed by atoms with Gasteiger partial charge in [-0.05, 0) is 50.2 Å². The number of nitrogens with one attached hydrogen (secondary N) is 3. The van der Waals surface area contributed by atoms with E-state index < -0.39 is 14.9 Å². The van der Waals surface area contributed by atoms with Crippen LogP contribution in [0.5, 0.6) is 0 Å². The maximum atomic E-state index is 12.5. The molecule has 3 N–H and O–H groups in total. The van der Waals surface area contributed by atoms with Crippen LogP contribution in [-0.2, 0) is 10.0 Å². The molecule has 0 aliphatic rings. The molecule has 0 unspecified atom stereocenters. The van der Waals surface area contributed by atoms with Crippen LogP contribution in [0.2, 0.25) is 0 Å². The average Bonchev–Trinajstić information content (AvgIpc) is 2.69. The number of hydrogen-bond donors (Lipinski definition) is 3. The number of nitro benzene ring substituents is 1. The lowest BCUT2D eigenvalue weighted by Crippen LogP contribution is -2.12. The standard InChI is InChI=1S/C19H20N6O4S/c1-3-20-19-21-13(2)12-18(23-19)22-14-4-6-15(7-5-14)24-30(28,29)17-10-8-16(9-11-17)25(26)27/h4-12,24H,3H2,1-2H3,(H2,20,21,22,23). The monoisotopic (exact) mass is 428 g/mol. The summed E-state index contributed by atoms with van der Waals surface area (Å²) < 4.78 is 27.4. The van der Waals surface area contributed by atoms with E-state index in [9.17, 15) is 18.5 Å². The van der Waals surface area contributed by atoms with Crippen LogP contribution in [0.1, 0.15) is 12.6 Å². The van der Waals surface area contributed by atoms with Gasteiger partial charge >= 0.3 is 0 Å². The van der Waals surface area contributed by atoms with E-state index in [1.807, 2.05) is 13.8 Å². The van der Waals surface area contributed by atoms with E-state index in [4.69, 9.17) is 0 Å². The zero-order valence-electron chi connectivity index (χ0n) is 16.3. The fourth-order valence-corrected chi connectivity index (χ4v) is 3.66. The molecule has 0 atom stereocenters. The fourth-order valence-electron chi connectivity index (χ4n) is 2.60. The van der Waals surface area contributed by atoms with E-state index >= 15 is 0 Å². The van der Waals surface area contributed by atoms with Gasteiger partial charge in [0.15, 0.2) is 0 Å². The molecule has 3 rings (SSSR count). The summed E-state index contributed by atoms with van der Waals surface area (Å²) in [7, 11) is -3.87. The number of non-ortho nitro benzene ring substituents is 1. The highest BCUT2D eigenvalue weighted by molar-refractivity contribution is 7.92. The Bertz CT molecular complexity index is 1150. The number of aromatic nitrogens is 2. The second kappa shape index (κ2) is 8.74. The van der Waals surface area contributed by atoms with Crippen molar-refractivity contribution >= 4 is 38.9 Å². The van der Waals surface area contributed by atoms with Crippen molar-refractivity contribution in [2.24, 2.45) is 0 Å². The largest absolute Gasteiger partial charge is 0.354 e. The normalized spacial score (nSPS) is 11.0. The van der Waals surface area contributed by atoms with Gasteiger partial charge in [-0.25, -0.2) is 13.4 Å². The maximum absolute atomic E-state index is 12.5. The zero-order valence-corrected chi connectivity index (χ0v) is 17.1. The summed E-state index contributed by atoms with van der Waals surface area (Å²) in [6, 6.07) is 13.1. The number of nitro groups is 1. The van der Waals surface area contributed by atoms with E-state index in [-0.39, 0.29) is 10.6 Å². The van der Waals surface area contributed by atoms with Gasteiger partial charge in [0, 0.05) is 41.8 Å². The topological polar surface area (TPSA) is 139 Å². The van der Waals surface area contributed by atoms with Crippen molar-refractivity contribution in [2.75, 3.05) is 21.9 Å². The molecule has 0 bridgehead atoms. The first-order valence-electron chi connectivity index (χ1n) is 9.01. The molecule has 2 aromatic carbocycles. The Morgan fingerprint density at radius 3 is 2.23 bits per heavy atom. The summed E-state index contributed by atoms with van der Waals surface area (Å²) in [5.41, 5.74) is 1.69. The lowest BCUT2D eigenvalue weighted by molar-refractivity contribution is -0.384. The fraction of sp³-hybridized carbons (Fsp3) is 0.158. The van der Waals surface area contributed by atoms with Gasteiger partial charge in [0.05, 0.1) is 9.82 Å². The molecule has 0 fully saturated rings. The first kappa shape index (κ1) is 21.0. The smallest absolute Gasteiger partial charge is 0.269 e. The Hall–Kier alpha value is -3.73. The molecule has 1 heterocycles. The van der Waals surface area contributed by atoms with E-state index in [0.29, 0.717) is 29.7 Å². The molecule has 0 saturated carbocycles. The summed E-state index contributed by atoms with van der Waals surface area (Å²) in [6.07, 6.45) is 0. The molecular formula is C19H20N6O4S. The number of rotatable bonds is 8. The summed E-state index contributed by atoms with van der Waals surface area (Å²) in [5.74, 6) is 1.13. The van der Waals surface area contributed by atoms with Crippen molar-refractivity contribution in [1.82, 2.24) is 9.97 Å². The molecule has 0 aliphatic heterocycles. The van der Waals surface area contributed by atoms with Gasteiger partial charge in [0.25, 0.3) is 15.7 Å². The molecule has 11 heteroatoms. The van der Waals surface area contributed by atoms with Crippen LogP contribution in [0, 0.1) is 17.0 Å². The van der Waals surface area contributed by atoms with Gasteiger partial charge in [-0.1, -0.05) is 0 Å². The number of anilines is 4. The maximum Gasteiger partial charge on any atom is 0.269 e. The molecule has 0 radical (unpaired) electrons. The molecule has 0 saturated heterocycles. The molecular weight excluding hydrogens is 408 g/mol. The summed E-state index contributed by atoms with van der Waals surface area (Å²) in [5, 5.41) is 16.9. The van der Waals surface area contributed by atoms with Gasteiger partial charge < -0.3 is 10.6 Å². The highest BCUT2D eigenvalue weighted by Gasteiger charge is 2.16. The van der Waals surface area contributed by atoms with Gasteiger partial charge in [-0.2, -0.15) is 4.98 Å². The van der Waals surface area contributed by atoms with Crippen LogP contribution >= 0.6 is 0 Å². The molecule has 0 aliphatic carbocycles. The molecule has 156 valence electrons. The quantitative estimate of drug-likeness (QED) is 0.365. The third kappa shape index (κ3) is 5.20. The Balaban J connectivity index is 1.72. The van der Waals surface area contributed by atoms with Crippen LogP contribution in [0.3, 0.4) is 0 Å². The van der Waals surface area contributed by atoms with Crippen molar-refractivity contribution < 1.29 is 13.3 Å². The molecule has 3 aromatic rings. The average molecular weight is 428 g/mol. The number of aryl methyl sites for hydroxylation is 1. The minimum Gasteiger partial charge on any atom is -0.354 e. The molecule has 0 amide bonds. The van der Waals surface area contributed by atoms with Crippen LogP contribution in [0.4, 0.5) is 28.8 Å². The van der Waals surface area contributed by atoms with Gasteiger partial charge in [-0.3, -0.25) is 14.8 Å². The molecule has 1 aromatic heterocycles. The van der Waals surface area contributed by atoms with Gasteiger partial charge in [0.1, 0.15) is 5.82 Å². The van der Waals surface area contributed by atoms with Gasteiger partial charge in [0.2, 0.25) is 5.95 Å². The van der Waals surface area contributed by atoms with Crippen molar-refractivity contribution in [1.29, 1.82) is 0 Å². The first-order valence-corrected chi connectivity index (χ1v) is 10.5. The molecule has 30 heavy (non-hydrogen) atoms. The van der Waals surface area contributed by atoms with E-state index in [1.54, 1.807) is 30.3 Å². The van der Waals surface area contributed by atoms with Crippen LogP contribution in [-0.4, -0.2) is 29.9 Å². The summed E-state index contributed by atoms with van der Waals surface area (Å²) in [4.78, 5) is 18.7. The van der Waals surface area contributed by atoms with E-state index in [1.165, 1.54) is 12.1 Å². The first-order chi connectivity index (χ1) is 14.3. The number of sulfonamides is 1. The Morgan fingerprint density at radius 1 is 1.00 bits per heavy atom. The van der Waals surface area contributed by atoms with E-state index in [2.05, 4.69) is 25.3 Å². The Labute approximate surface area is 173 Å². The third-order valence-electron chi connectivity index (χ3n) is 3.96. The second-order valence-corrected chi connectivity index (χ2v) is 7.99. The second-order valence-electron chi connectivity index (χ2n) is 6.31. The number of hydrogen-bond acceptors (Lipinski definition) is 8. The number of benzene rings is 2. The number of nitrogens with zero attached hydrogens (tertiary/aromatic N) is 3. The van der Waals surface area contributed by atoms with Crippen LogP contribution in [0.15, 0.2) is 59.5 Å². The van der Waals surface area contributed by atoms with E-state index in [0.717, 1.165) is 17.8 Å². The lowest BCUT2D eigenvalue weighted by atomic mass is 10.3. The highest BCUT2D eigenvalue weighted by atomic mass is 32.2. The van der Waals surface area contributed by atoms with Crippen molar-refractivity contribution in [3.8, 4) is 0 Å². The predicted molar refractivity (Wildman–Crippen MR) is 115 cm³/mol. The Morgan fingerprint density at radius 2 is 1.63 bits per heavy atom.